The van der Waals surface area contributed by atoms with Gasteiger partial charge in [0.05, 0.1) is 5.56 Å². The molecule has 1 saturated carbocycles. The van der Waals surface area contributed by atoms with Crippen LogP contribution < -0.4 is 10.6 Å². The van der Waals surface area contributed by atoms with E-state index in [0.717, 1.165) is 18.7 Å². The van der Waals surface area contributed by atoms with Crippen LogP contribution in [-0.4, -0.2) is 27.1 Å². The second-order valence-electron chi connectivity index (χ2n) is 7.12. The molecular weight excluding hydrogens is 370 g/mol. The van der Waals surface area contributed by atoms with Crippen molar-refractivity contribution < 1.29 is 4.79 Å². The van der Waals surface area contributed by atoms with Crippen LogP contribution in [0.25, 0.3) is 0 Å². The fraction of sp³-hybridized carbons (Fsp3) is 0.333. The lowest BCUT2D eigenvalue weighted by molar-refractivity contribution is 0.102. The Kier molecular flexibility index (Phi) is 5.92. The van der Waals surface area contributed by atoms with Gasteiger partial charge in [0, 0.05) is 12.2 Å². The summed E-state index contributed by atoms with van der Waals surface area (Å²) < 4.78 is 0. The first-order valence-corrected chi connectivity index (χ1v) is 10.5. The van der Waals surface area contributed by atoms with Gasteiger partial charge in [0.2, 0.25) is 5.13 Å². The summed E-state index contributed by atoms with van der Waals surface area (Å²) in [6.07, 6.45) is 7.60. The molecule has 0 aliphatic heterocycles. The molecule has 28 heavy (non-hydrogen) atoms. The number of carbonyl (C=O) groups is 1. The van der Waals surface area contributed by atoms with E-state index in [-0.39, 0.29) is 5.91 Å². The number of nitrogens with zero attached hydrogens (tertiary/aromatic N) is 3. The molecule has 1 amide bonds. The number of benzene rings is 1. The Morgan fingerprint density at radius 1 is 1.11 bits per heavy atom. The number of amides is 1. The first-order valence-electron chi connectivity index (χ1n) is 9.62. The van der Waals surface area contributed by atoms with Crippen LogP contribution in [0, 0.1) is 5.92 Å². The summed E-state index contributed by atoms with van der Waals surface area (Å²) in [7, 11) is 0. The van der Waals surface area contributed by atoms with Gasteiger partial charge >= 0.3 is 0 Å². The lowest BCUT2D eigenvalue weighted by atomic mass is 9.80. The molecule has 2 aromatic heterocycles. The van der Waals surface area contributed by atoms with Crippen LogP contribution in [0.15, 0.2) is 54.2 Å². The molecule has 2 atom stereocenters. The number of pyridine rings is 1. The summed E-state index contributed by atoms with van der Waals surface area (Å²) >= 11 is 1.29. The molecule has 0 radical (unpaired) electrons. The zero-order valence-corrected chi connectivity index (χ0v) is 16.4. The molecule has 1 aliphatic rings. The SMILES string of the molecule is O=C(Nc1nncs1)c1ccc(NC2CCCCC2Cc2ccccc2)nc1. The number of aromatic nitrogens is 3. The summed E-state index contributed by atoms with van der Waals surface area (Å²) in [5.41, 5.74) is 3.47. The van der Waals surface area contributed by atoms with Gasteiger partial charge in [-0.25, -0.2) is 4.98 Å². The smallest absolute Gasteiger partial charge is 0.259 e. The predicted molar refractivity (Wildman–Crippen MR) is 112 cm³/mol. The van der Waals surface area contributed by atoms with Crippen molar-refractivity contribution in [2.75, 3.05) is 10.6 Å². The van der Waals surface area contributed by atoms with E-state index in [1.165, 1.54) is 36.2 Å². The number of hydrogen-bond acceptors (Lipinski definition) is 6. The van der Waals surface area contributed by atoms with Crippen LogP contribution in [0.3, 0.4) is 0 Å². The van der Waals surface area contributed by atoms with Gasteiger partial charge in [0.1, 0.15) is 11.3 Å². The zero-order chi connectivity index (χ0) is 19.2. The van der Waals surface area contributed by atoms with E-state index in [1.54, 1.807) is 17.8 Å². The van der Waals surface area contributed by atoms with Crippen molar-refractivity contribution in [3.8, 4) is 0 Å². The number of anilines is 2. The van der Waals surface area contributed by atoms with Gasteiger partial charge in [-0.2, -0.15) is 0 Å². The molecule has 0 bridgehead atoms. The van der Waals surface area contributed by atoms with E-state index in [2.05, 4.69) is 56.1 Å². The van der Waals surface area contributed by atoms with Crippen molar-refractivity contribution in [1.82, 2.24) is 15.2 Å². The second-order valence-corrected chi connectivity index (χ2v) is 7.95. The highest BCUT2D eigenvalue weighted by atomic mass is 32.1. The Hall–Kier alpha value is -2.80. The summed E-state index contributed by atoms with van der Waals surface area (Å²) in [4.78, 5) is 16.7. The largest absolute Gasteiger partial charge is 0.367 e. The Morgan fingerprint density at radius 2 is 1.96 bits per heavy atom. The molecule has 2 unspecified atom stereocenters. The topological polar surface area (TPSA) is 79.8 Å². The maximum absolute atomic E-state index is 12.2. The fourth-order valence-electron chi connectivity index (χ4n) is 3.76. The normalized spacial score (nSPS) is 19.1. The molecule has 3 aromatic rings. The van der Waals surface area contributed by atoms with E-state index < -0.39 is 0 Å². The first-order chi connectivity index (χ1) is 13.8. The zero-order valence-electron chi connectivity index (χ0n) is 15.5. The summed E-state index contributed by atoms with van der Waals surface area (Å²) in [6.45, 7) is 0. The number of nitrogens with one attached hydrogen (secondary N) is 2. The minimum atomic E-state index is -0.226. The highest BCUT2D eigenvalue weighted by Gasteiger charge is 2.25. The maximum Gasteiger partial charge on any atom is 0.259 e. The minimum absolute atomic E-state index is 0.226. The monoisotopic (exact) mass is 393 g/mol. The number of hydrogen-bond donors (Lipinski definition) is 2. The maximum atomic E-state index is 12.2. The van der Waals surface area contributed by atoms with Crippen molar-refractivity contribution in [2.24, 2.45) is 5.92 Å². The van der Waals surface area contributed by atoms with Crippen molar-refractivity contribution in [2.45, 2.75) is 38.1 Å². The van der Waals surface area contributed by atoms with E-state index >= 15 is 0 Å². The molecule has 4 rings (SSSR count). The van der Waals surface area contributed by atoms with Crippen LogP contribution in [-0.2, 0) is 6.42 Å². The summed E-state index contributed by atoms with van der Waals surface area (Å²) in [6, 6.07) is 14.8. The Bertz CT molecular complexity index is 883. The third-order valence-electron chi connectivity index (χ3n) is 5.19. The van der Waals surface area contributed by atoms with Crippen molar-refractivity contribution in [3.05, 3.63) is 65.3 Å². The molecule has 144 valence electrons. The van der Waals surface area contributed by atoms with Crippen LogP contribution in [0.1, 0.15) is 41.6 Å². The quantitative estimate of drug-likeness (QED) is 0.649. The van der Waals surface area contributed by atoms with Crippen molar-refractivity contribution in [1.29, 1.82) is 0 Å². The highest BCUT2D eigenvalue weighted by molar-refractivity contribution is 7.13. The van der Waals surface area contributed by atoms with E-state index in [9.17, 15) is 4.79 Å². The van der Waals surface area contributed by atoms with Gasteiger partial charge in [0.15, 0.2) is 0 Å². The van der Waals surface area contributed by atoms with E-state index in [0.29, 0.717) is 22.7 Å². The summed E-state index contributed by atoms with van der Waals surface area (Å²) in [5.74, 6) is 1.19. The van der Waals surface area contributed by atoms with Crippen LogP contribution in [0.5, 0.6) is 0 Å². The first kappa shape index (κ1) is 18.6. The van der Waals surface area contributed by atoms with Gasteiger partial charge < -0.3 is 5.32 Å². The number of rotatable bonds is 6. The predicted octanol–water partition coefficient (Wildman–Crippen LogP) is 4.40. The Morgan fingerprint density at radius 3 is 2.71 bits per heavy atom. The Balaban J connectivity index is 1.38. The van der Waals surface area contributed by atoms with Gasteiger partial charge in [-0.3, -0.25) is 10.1 Å². The van der Waals surface area contributed by atoms with Crippen molar-refractivity contribution >= 4 is 28.2 Å². The molecule has 7 heteroatoms. The molecule has 1 aromatic carbocycles. The Labute approximate surface area is 168 Å². The average Bonchev–Trinajstić information content (AvgIpc) is 3.24. The minimum Gasteiger partial charge on any atom is -0.367 e. The molecule has 2 N–H and O–H groups in total. The average molecular weight is 394 g/mol. The molecule has 0 saturated heterocycles. The second kappa shape index (κ2) is 8.93. The molecular formula is C21H23N5OS. The van der Waals surface area contributed by atoms with Gasteiger partial charge in [-0.05, 0) is 42.9 Å². The highest BCUT2D eigenvalue weighted by Crippen LogP contribution is 2.29. The lowest BCUT2D eigenvalue weighted by Crippen LogP contribution is -2.33. The van der Waals surface area contributed by atoms with E-state index in [4.69, 9.17) is 0 Å². The van der Waals surface area contributed by atoms with Crippen molar-refractivity contribution in [3.63, 3.8) is 0 Å². The van der Waals surface area contributed by atoms with Gasteiger partial charge in [-0.1, -0.05) is 54.5 Å². The van der Waals surface area contributed by atoms with Gasteiger partial charge in [-0.15, -0.1) is 10.2 Å². The van der Waals surface area contributed by atoms with E-state index in [1.807, 2.05) is 6.07 Å². The standard InChI is InChI=1S/C21H23N5OS/c27-20(25-21-26-23-14-28-21)17-10-11-19(22-13-17)24-18-9-5-4-8-16(18)12-15-6-2-1-3-7-15/h1-3,6-7,10-11,13-14,16,18H,4-5,8-9,12H2,(H,22,24)(H,25,26,27). The third kappa shape index (κ3) is 4.72. The van der Waals surface area contributed by atoms with Crippen LogP contribution in [0.2, 0.25) is 0 Å². The molecule has 2 heterocycles. The van der Waals surface area contributed by atoms with Gasteiger partial charge in [0.25, 0.3) is 5.91 Å². The lowest BCUT2D eigenvalue weighted by Gasteiger charge is -2.32. The van der Waals surface area contributed by atoms with Crippen LogP contribution >= 0.6 is 11.3 Å². The fourth-order valence-corrected chi connectivity index (χ4v) is 4.20. The van der Waals surface area contributed by atoms with Crippen LogP contribution in [0.4, 0.5) is 10.9 Å². The molecule has 1 aliphatic carbocycles. The molecule has 0 spiro atoms. The molecule has 1 fully saturated rings. The summed E-state index contributed by atoms with van der Waals surface area (Å²) in [5, 5.41) is 14.3. The third-order valence-corrected chi connectivity index (χ3v) is 5.80. The molecule has 6 nitrogen and oxygen atoms in total. The number of carbonyl (C=O) groups excluding carboxylic acids is 1.